The third kappa shape index (κ3) is 3.43. The average Bonchev–Trinajstić information content (AvgIpc) is 2.83. The van der Waals surface area contributed by atoms with Crippen molar-refractivity contribution in [1.29, 1.82) is 0 Å². The molecule has 1 N–H and O–H groups in total. The maximum Gasteiger partial charge on any atom is 0.122 e. The maximum atomic E-state index is 4.33. The predicted octanol–water partition coefficient (Wildman–Crippen LogP) is 2.24. The summed E-state index contributed by atoms with van der Waals surface area (Å²) < 4.78 is 2.16. The highest BCUT2D eigenvalue weighted by molar-refractivity contribution is 5.14. The summed E-state index contributed by atoms with van der Waals surface area (Å²) in [6, 6.07) is 10.5. The van der Waals surface area contributed by atoms with Gasteiger partial charge < -0.3 is 9.88 Å². The smallest absolute Gasteiger partial charge is 0.122 e. The number of hydrogen-bond donors (Lipinski definition) is 1. The Bertz CT molecular complexity index is 434. The van der Waals surface area contributed by atoms with Crippen molar-refractivity contribution in [2.45, 2.75) is 26.4 Å². The van der Waals surface area contributed by atoms with Gasteiger partial charge in [-0.15, -0.1) is 0 Å². The fourth-order valence-electron chi connectivity index (χ4n) is 1.87. The zero-order valence-corrected chi connectivity index (χ0v) is 10.3. The van der Waals surface area contributed by atoms with Gasteiger partial charge in [0.15, 0.2) is 0 Å². The molecule has 0 amide bonds. The molecule has 0 saturated heterocycles. The van der Waals surface area contributed by atoms with Crippen molar-refractivity contribution in [1.82, 2.24) is 14.9 Å². The lowest BCUT2D eigenvalue weighted by atomic mass is 10.1. The number of aromatic nitrogens is 2. The summed E-state index contributed by atoms with van der Waals surface area (Å²) in [5.41, 5.74) is 1.37. The van der Waals surface area contributed by atoms with E-state index in [1.165, 1.54) is 5.56 Å². The minimum Gasteiger partial charge on any atom is -0.334 e. The highest BCUT2D eigenvalue weighted by Gasteiger charge is 1.99. The van der Waals surface area contributed by atoms with Gasteiger partial charge in [-0.1, -0.05) is 30.3 Å². The van der Waals surface area contributed by atoms with E-state index >= 15 is 0 Å². The van der Waals surface area contributed by atoms with E-state index in [1.54, 1.807) is 0 Å². The van der Waals surface area contributed by atoms with Gasteiger partial charge in [-0.05, 0) is 25.5 Å². The Morgan fingerprint density at radius 2 is 2.06 bits per heavy atom. The van der Waals surface area contributed by atoms with Crippen LogP contribution < -0.4 is 5.32 Å². The summed E-state index contributed by atoms with van der Waals surface area (Å²) in [5.74, 6) is 1.11. The molecule has 1 heterocycles. The molecule has 0 atom stereocenters. The fourth-order valence-corrected chi connectivity index (χ4v) is 1.87. The minimum atomic E-state index is 0.841. The molecule has 0 unspecified atom stereocenters. The Labute approximate surface area is 103 Å². The Morgan fingerprint density at radius 3 is 2.82 bits per heavy atom. The molecule has 0 spiro atoms. The summed E-state index contributed by atoms with van der Waals surface area (Å²) >= 11 is 0. The number of aryl methyl sites for hydroxylation is 1. The Balaban J connectivity index is 1.73. The number of nitrogens with one attached hydrogen (secondary N) is 1. The molecule has 3 heteroatoms. The summed E-state index contributed by atoms with van der Waals surface area (Å²) in [6.07, 6.45) is 4.94. The van der Waals surface area contributed by atoms with E-state index in [0.717, 1.165) is 31.9 Å². The van der Waals surface area contributed by atoms with Crippen LogP contribution in [0.25, 0.3) is 0 Å². The van der Waals surface area contributed by atoms with Crippen molar-refractivity contribution in [3.63, 3.8) is 0 Å². The number of benzene rings is 1. The van der Waals surface area contributed by atoms with E-state index in [1.807, 2.05) is 12.4 Å². The lowest BCUT2D eigenvalue weighted by Crippen LogP contribution is -2.19. The largest absolute Gasteiger partial charge is 0.334 e. The molecule has 90 valence electrons. The molecule has 0 aliphatic carbocycles. The van der Waals surface area contributed by atoms with Gasteiger partial charge in [-0.25, -0.2) is 4.98 Å². The molecule has 2 aromatic rings. The summed E-state index contributed by atoms with van der Waals surface area (Å²) in [4.78, 5) is 4.33. The van der Waals surface area contributed by atoms with Crippen molar-refractivity contribution in [3.05, 3.63) is 54.1 Å². The van der Waals surface area contributed by atoms with Crippen molar-refractivity contribution in [2.24, 2.45) is 0 Å². The average molecular weight is 229 g/mol. The number of imidazole rings is 1. The zero-order chi connectivity index (χ0) is 11.9. The van der Waals surface area contributed by atoms with E-state index in [0.29, 0.717) is 0 Å². The lowest BCUT2D eigenvalue weighted by molar-refractivity contribution is 0.613. The van der Waals surface area contributed by atoms with Crippen LogP contribution in [0.3, 0.4) is 0 Å². The van der Waals surface area contributed by atoms with Crippen LogP contribution in [-0.2, 0) is 19.5 Å². The van der Waals surface area contributed by atoms with Gasteiger partial charge in [0.25, 0.3) is 0 Å². The molecule has 0 aliphatic heterocycles. The zero-order valence-electron chi connectivity index (χ0n) is 10.3. The Kier molecular flexibility index (Phi) is 4.33. The van der Waals surface area contributed by atoms with E-state index in [-0.39, 0.29) is 0 Å². The minimum absolute atomic E-state index is 0.841. The van der Waals surface area contributed by atoms with Gasteiger partial charge >= 0.3 is 0 Å². The van der Waals surface area contributed by atoms with Crippen LogP contribution in [0.15, 0.2) is 42.7 Å². The lowest BCUT2D eigenvalue weighted by Gasteiger charge is -2.06. The van der Waals surface area contributed by atoms with Crippen LogP contribution in [0.4, 0.5) is 0 Å². The van der Waals surface area contributed by atoms with Crippen LogP contribution in [0.1, 0.15) is 18.3 Å². The second-order valence-electron chi connectivity index (χ2n) is 4.04. The Hall–Kier alpha value is -1.61. The van der Waals surface area contributed by atoms with Crippen LogP contribution in [-0.4, -0.2) is 16.1 Å². The standard InChI is InChI=1S/C14H19N3/c1-2-17-11-10-16-14(17)12-15-9-8-13-6-4-3-5-7-13/h3-7,10-11,15H,2,8-9,12H2,1H3. The van der Waals surface area contributed by atoms with Gasteiger partial charge in [-0.2, -0.15) is 0 Å². The van der Waals surface area contributed by atoms with Gasteiger partial charge in [0.1, 0.15) is 5.82 Å². The monoisotopic (exact) mass is 229 g/mol. The molecular formula is C14H19N3. The van der Waals surface area contributed by atoms with Crippen LogP contribution >= 0.6 is 0 Å². The van der Waals surface area contributed by atoms with E-state index in [2.05, 4.69) is 52.1 Å². The SMILES string of the molecule is CCn1ccnc1CNCCc1ccccc1. The third-order valence-corrected chi connectivity index (χ3v) is 2.86. The van der Waals surface area contributed by atoms with Crippen molar-refractivity contribution in [2.75, 3.05) is 6.54 Å². The van der Waals surface area contributed by atoms with Crippen LogP contribution in [0, 0.1) is 0 Å². The van der Waals surface area contributed by atoms with Gasteiger partial charge in [0.05, 0.1) is 6.54 Å². The predicted molar refractivity (Wildman–Crippen MR) is 69.8 cm³/mol. The maximum absolute atomic E-state index is 4.33. The first kappa shape index (κ1) is 11.9. The molecule has 17 heavy (non-hydrogen) atoms. The molecule has 0 fully saturated rings. The van der Waals surface area contributed by atoms with Crippen LogP contribution in [0.5, 0.6) is 0 Å². The van der Waals surface area contributed by atoms with E-state index in [9.17, 15) is 0 Å². The van der Waals surface area contributed by atoms with Crippen molar-refractivity contribution < 1.29 is 0 Å². The molecule has 1 aromatic heterocycles. The topological polar surface area (TPSA) is 29.9 Å². The number of nitrogens with zero attached hydrogens (tertiary/aromatic N) is 2. The molecule has 0 saturated carbocycles. The quantitative estimate of drug-likeness (QED) is 0.770. The third-order valence-electron chi connectivity index (χ3n) is 2.86. The second kappa shape index (κ2) is 6.21. The highest BCUT2D eigenvalue weighted by Crippen LogP contribution is 1.99. The number of hydrogen-bond acceptors (Lipinski definition) is 2. The summed E-state index contributed by atoms with van der Waals surface area (Å²) in [7, 11) is 0. The normalized spacial score (nSPS) is 10.6. The summed E-state index contributed by atoms with van der Waals surface area (Å²) in [5, 5.41) is 3.43. The molecule has 2 rings (SSSR count). The molecule has 0 radical (unpaired) electrons. The van der Waals surface area contributed by atoms with E-state index in [4.69, 9.17) is 0 Å². The number of rotatable bonds is 6. The highest BCUT2D eigenvalue weighted by atomic mass is 15.1. The van der Waals surface area contributed by atoms with Gasteiger partial charge in [0.2, 0.25) is 0 Å². The molecule has 3 nitrogen and oxygen atoms in total. The summed E-state index contributed by atoms with van der Waals surface area (Å²) in [6.45, 7) is 4.94. The molecular weight excluding hydrogens is 210 g/mol. The van der Waals surface area contributed by atoms with Gasteiger partial charge in [-0.3, -0.25) is 0 Å². The van der Waals surface area contributed by atoms with Crippen molar-refractivity contribution in [3.8, 4) is 0 Å². The van der Waals surface area contributed by atoms with E-state index < -0.39 is 0 Å². The van der Waals surface area contributed by atoms with Crippen molar-refractivity contribution >= 4 is 0 Å². The molecule has 1 aromatic carbocycles. The second-order valence-corrected chi connectivity index (χ2v) is 4.04. The first-order chi connectivity index (χ1) is 8.40. The Morgan fingerprint density at radius 1 is 1.24 bits per heavy atom. The van der Waals surface area contributed by atoms with Gasteiger partial charge in [0, 0.05) is 18.9 Å². The first-order valence-corrected chi connectivity index (χ1v) is 6.15. The van der Waals surface area contributed by atoms with Crippen LogP contribution in [0.2, 0.25) is 0 Å². The fraction of sp³-hybridized carbons (Fsp3) is 0.357. The first-order valence-electron chi connectivity index (χ1n) is 6.15. The molecule has 0 aliphatic rings. The molecule has 0 bridgehead atoms.